The van der Waals surface area contributed by atoms with E-state index < -0.39 is 0 Å². The molecule has 0 aliphatic rings. The predicted octanol–water partition coefficient (Wildman–Crippen LogP) is 3.73. The Morgan fingerprint density at radius 1 is 1.35 bits per heavy atom. The Bertz CT molecular complexity index is 654. The molecule has 1 aromatic carbocycles. The number of hydrogen-bond donors (Lipinski definition) is 1. The minimum Gasteiger partial charge on any atom is -0.334 e. The van der Waals surface area contributed by atoms with E-state index in [2.05, 4.69) is 11.9 Å². The second-order valence-electron chi connectivity index (χ2n) is 5.40. The lowest BCUT2D eigenvalue weighted by Crippen LogP contribution is -2.29. The van der Waals surface area contributed by atoms with Gasteiger partial charge in [0.25, 0.3) is 5.91 Å². The lowest BCUT2D eigenvalue weighted by atomic mass is 10.1. The van der Waals surface area contributed by atoms with Crippen molar-refractivity contribution in [3.8, 4) is 0 Å². The highest BCUT2D eigenvalue weighted by molar-refractivity contribution is 7.11. The predicted molar refractivity (Wildman–Crippen MR) is 98.3 cm³/mol. The first-order valence-corrected chi connectivity index (χ1v) is 8.31. The second-order valence-corrected chi connectivity index (χ2v) is 6.52. The van der Waals surface area contributed by atoms with E-state index in [0.29, 0.717) is 12.1 Å². The maximum Gasteiger partial charge on any atom is 0.254 e. The Labute approximate surface area is 148 Å². The summed E-state index contributed by atoms with van der Waals surface area (Å²) in [5.74, 6) is 0.0157. The lowest BCUT2D eigenvalue weighted by Gasteiger charge is -2.24. The van der Waals surface area contributed by atoms with Crippen molar-refractivity contribution in [2.24, 2.45) is 5.73 Å². The molecule has 0 saturated carbocycles. The Kier molecular flexibility index (Phi) is 7.19. The number of carbonyl (C=O) groups is 1. The molecule has 0 aliphatic carbocycles. The standard InChI is InChI=1S/C17H23N3OS.ClH/c1-5-15-19-11(2)16(22-15)12(3)20(4)17(21)14-8-6-13(10-18)7-9-14;/h6-9,12H,5,10,18H2,1-4H3;1H. The number of thiazole rings is 1. The van der Waals surface area contributed by atoms with Gasteiger partial charge >= 0.3 is 0 Å². The zero-order valence-electron chi connectivity index (χ0n) is 14.0. The number of nitrogens with zero attached hydrogens (tertiary/aromatic N) is 2. The molecule has 1 heterocycles. The van der Waals surface area contributed by atoms with Crippen LogP contribution >= 0.6 is 23.7 Å². The Hall–Kier alpha value is -1.43. The zero-order valence-corrected chi connectivity index (χ0v) is 15.6. The van der Waals surface area contributed by atoms with Gasteiger partial charge in [-0.05, 0) is 38.0 Å². The topological polar surface area (TPSA) is 59.2 Å². The van der Waals surface area contributed by atoms with Crippen molar-refractivity contribution in [3.63, 3.8) is 0 Å². The molecule has 1 atom stereocenters. The fraction of sp³-hybridized carbons (Fsp3) is 0.412. The van der Waals surface area contributed by atoms with E-state index in [-0.39, 0.29) is 24.4 Å². The van der Waals surface area contributed by atoms with Crippen molar-refractivity contribution in [3.05, 3.63) is 51.0 Å². The third-order valence-electron chi connectivity index (χ3n) is 3.90. The zero-order chi connectivity index (χ0) is 16.3. The van der Waals surface area contributed by atoms with Crippen LogP contribution in [0.5, 0.6) is 0 Å². The van der Waals surface area contributed by atoms with Crippen LogP contribution in [0.15, 0.2) is 24.3 Å². The summed E-state index contributed by atoms with van der Waals surface area (Å²) < 4.78 is 0. The fourth-order valence-electron chi connectivity index (χ4n) is 2.34. The highest BCUT2D eigenvalue weighted by Gasteiger charge is 2.22. The fourth-order valence-corrected chi connectivity index (χ4v) is 3.45. The first kappa shape index (κ1) is 19.6. The monoisotopic (exact) mass is 353 g/mol. The number of nitrogens with two attached hydrogens (primary N) is 1. The Morgan fingerprint density at radius 3 is 2.43 bits per heavy atom. The van der Waals surface area contributed by atoms with Crippen LogP contribution in [0.2, 0.25) is 0 Å². The van der Waals surface area contributed by atoms with Gasteiger partial charge in [-0.25, -0.2) is 4.98 Å². The highest BCUT2D eigenvalue weighted by atomic mass is 35.5. The van der Waals surface area contributed by atoms with Crippen molar-refractivity contribution in [1.82, 2.24) is 9.88 Å². The van der Waals surface area contributed by atoms with Gasteiger partial charge in [-0.2, -0.15) is 0 Å². The van der Waals surface area contributed by atoms with Gasteiger partial charge in [-0.15, -0.1) is 23.7 Å². The van der Waals surface area contributed by atoms with Gasteiger partial charge in [0.05, 0.1) is 16.7 Å². The van der Waals surface area contributed by atoms with E-state index in [1.807, 2.05) is 45.2 Å². The van der Waals surface area contributed by atoms with E-state index >= 15 is 0 Å². The summed E-state index contributed by atoms with van der Waals surface area (Å²) >= 11 is 1.69. The van der Waals surface area contributed by atoms with E-state index in [9.17, 15) is 4.79 Å². The number of rotatable bonds is 5. The summed E-state index contributed by atoms with van der Waals surface area (Å²) in [7, 11) is 1.84. The molecule has 6 heteroatoms. The van der Waals surface area contributed by atoms with E-state index in [1.54, 1.807) is 16.2 Å². The van der Waals surface area contributed by atoms with Crippen molar-refractivity contribution >= 4 is 29.7 Å². The van der Waals surface area contributed by atoms with Crippen LogP contribution in [0.3, 0.4) is 0 Å². The minimum atomic E-state index is 0. The quantitative estimate of drug-likeness (QED) is 0.891. The van der Waals surface area contributed by atoms with Crippen molar-refractivity contribution in [2.45, 2.75) is 39.8 Å². The van der Waals surface area contributed by atoms with Crippen LogP contribution in [0, 0.1) is 6.92 Å². The van der Waals surface area contributed by atoms with Gasteiger partial charge in [0, 0.05) is 24.0 Å². The third-order valence-corrected chi connectivity index (χ3v) is 5.37. The number of amides is 1. The molecule has 0 bridgehead atoms. The molecule has 2 rings (SSSR count). The molecule has 4 nitrogen and oxygen atoms in total. The van der Waals surface area contributed by atoms with Crippen LogP contribution in [-0.4, -0.2) is 22.8 Å². The summed E-state index contributed by atoms with van der Waals surface area (Å²) in [5.41, 5.74) is 8.32. The maximum absolute atomic E-state index is 12.6. The molecule has 0 spiro atoms. The molecule has 1 amide bonds. The molecule has 2 aromatic rings. The van der Waals surface area contributed by atoms with Gasteiger partial charge in [0.1, 0.15) is 0 Å². The number of aryl methyl sites for hydroxylation is 2. The molecule has 126 valence electrons. The van der Waals surface area contributed by atoms with E-state index in [1.165, 1.54) is 0 Å². The molecule has 0 fully saturated rings. The largest absolute Gasteiger partial charge is 0.334 e. The first-order chi connectivity index (χ1) is 10.5. The number of benzene rings is 1. The average Bonchev–Trinajstić information content (AvgIpc) is 2.93. The summed E-state index contributed by atoms with van der Waals surface area (Å²) in [6.07, 6.45) is 0.927. The van der Waals surface area contributed by atoms with Crippen molar-refractivity contribution < 1.29 is 4.79 Å². The highest BCUT2D eigenvalue weighted by Crippen LogP contribution is 2.29. The summed E-state index contributed by atoms with van der Waals surface area (Å²) in [6.45, 7) is 6.64. The van der Waals surface area contributed by atoms with E-state index in [4.69, 9.17) is 5.73 Å². The summed E-state index contributed by atoms with van der Waals surface area (Å²) in [4.78, 5) is 20.1. The minimum absolute atomic E-state index is 0. The Morgan fingerprint density at radius 2 is 1.96 bits per heavy atom. The number of carbonyl (C=O) groups excluding carboxylic acids is 1. The SMILES string of the molecule is CCc1nc(C)c(C(C)N(C)C(=O)c2ccc(CN)cc2)s1.Cl. The molecular weight excluding hydrogens is 330 g/mol. The molecule has 23 heavy (non-hydrogen) atoms. The van der Waals surface area contributed by atoms with Gasteiger partial charge < -0.3 is 10.6 Å². The van der Waals surface area contributed by atoms with Gasteiger partial charge in [0.15, 0.2) is 0 Å². The van der Waals surface area contributed by atoms with Gasteiger partial charge in [0.2, 0.25) is 0 Å². The summed E-state index contributed by atoms with van der Waals surface area (Å²) in [5, 5.41) is 1.12. The van der Waals surface area contributed by atoms with Gasteiger partial charge in [-0.3, -0.25) is 4.79 Å². The second kappa shape index (κ2) is 8.43. The first-order valence-electron chi connectivity index (χ1n) is 7.50. The smallest absolute Gasteiger partial charge is 0.254 e. The van der Waals surface area contributed by atoms with Crippen LogP contribution in [0.25, 0.3) is 0 Å². The van der Waals surface area contributed by atoms with Crippen LogP contribution in [0.4, 0.5) is 0 Å². The third kappa shape index (κ3) is 4.31. The molecule has 1 aromatic heterocycles. The van der Waals surface area contributed by atoms with Crippen LogP contribution in [0.1, 0.15) is 51.4 Å². The lowest BCUT2D eigenvalue weighted by molar-refractivity contribution is 0.0744. The van der Waals surface area contributed by atoms with E-state index in [0.717, 1.165) is 27.6 Å². The molecule has 0 aliphatic heterocycles. The van der Waals surface area contributed by atoms with Crippen molar-refractivity contribution in [2.75, 3.05) is 7.05 Å². The molecule has 2 N–H and O–H groups in total. The van der Waals surface area contributed by atoms with Gasteiger partial charge in [-0.1, -0.05) is 19.1 Å². The molecule has 0 radical (unpaired) electrons. The van der Waals surface area contributed by atoms with Crippen molar-refractivity contribution in [1.29, 1.82) is 0 Å². The average molecular weight is 354 g/mol. The van der Waals surface area contributed by atoms with Crippen LogP contribution < -0.4 is 5.73 Å². The van der Waals surface area contributed by atoms with Crippen LogP contribution in [-0.2, 0) is 13.0 Å². The molecule has 1 unspecified atom stereocenters. The molecule has 0 saturated heterocycles. The summed E-state index contributed by atoms with van der Waals surface area (Å²) in [6, 6.07) is 7.49. The maximum atomic E-state index is 12.6. The number of aromatic nitrogens is 1. The number of hydrogen-bond acceptors (Lipinski definition) is 4. The number of halogens is 1. The Balaban J connectivity index is 0.00000264. The molecular formula is C17H24ClN3OS. The normalized spacial score (nSPS) is 11.7.